The lowest BCUT2D eigenvalue weighted by Gasteiger charge is -2.11. The van der Waals surface area contributed by atoms with Gasteiger partial charge in [-0.2, -0.15) is 5.26 Å². The number of benzene rings is 2. The molecule has 1 heterocycles. The van der Waals surface area contributed by atoms with Gasteiger partial charge >= 0.3 is 0 Å². The lowest BCUT2D eigenvalue weighted by Crippen LogP contribution is -2.00. The summed E-state index contributed by atoms with van der Waals surface area (Å²) in [7, 11) is 0. The average molecular weight is 324 g/mol. The van der Waals surface area contributed by atoms with Crippen LogP contribution in [0.2, 0.25) is 5.02 Å². The van der Waals surface area contributed by atoms with Gasteiger partial charge in [0.15, 0.2) is 0 Å². The second-order valence-corrected chi connectivity index (χ2v) is 5.32. The third-order valence-electron chi connectivity index (χ3n) is 3.46. The molecule has 0 atom stereocenters. The van der Waals surface area contributed by atoms with Crippen molar-refractivity contribution in [2.45, 2.75) is 0 Å². The first kappa shape index (κ1) is 15.0. The Labute approximate surface area is 137 Å². The van der Waals surface area contributed by atoms with Gasteiger partial charge in [-0.3, -0.25) is 0 Å². The number of hydrogen-bond acceptors (Lipinski definition) is 3. The highest BCUT2D eigenvalue weighted by molar-refractivity contribution is 6.33. The molecule has 0 aliphatic rings. The summed E-state index contributed by atoms with van der Waals surface area (Å²) in [5, 5.41) is 9.90. The predicted octanol–water partition coefficient (Wildman–Crippen LogP) is 4.66. The van der Waals surface area contributed by atoms with Crippen LogP contribution in [-0.4, -0.2) is 4.98 Å². The van der Waals surface area contributed by atoms with E-state index in [0.29, 0.717) is 27.4 Å². The van der Waals surface area contributed by atoms with E-state index in [1.165, 1.54) is 12.1 Å². The summed E-state index contributed by atoms with van der Waals surface area (Å²) >= 11 is 6.21. The molecule has 0 fully saturated rings. The number of aromatic nitrogens is 1. The maximum atomic E-state index is 13.1. The van der Waals surface area contributed by atoms with Crippen LogP contribution >= 0.6 is 11.6 Å². The third-order valence-corrected chi connectivity index (χ3v) is 3.79. The second-order valence-electron chi connectivity index (χ2n) is 4.91. The van der Waals surface area contributed by atoms with E-state index in [1.54, 1.807) is 24.3 Å². The SMILES string of the molecule is N#Cc1c(-c2ccc(F)cc2)cc(-c2ccccc2Cl)nc1N. The molecule has 0 aliphatic carbocycles. The van der Waals surface area contributed by atoms with Gasteiger partial charge < -0.3 is 5.73 Å². The Morgan fingerprint density at radius 3 is 2.39 bits per heavy atom. The zero-order chi connectivity index (χ0) is 16.4. The van der Waals surface area contributed by atoms with Crippen molar-refractivity contribution < 1.29 is 4.39 Å². The van der Waals surface area contributed by atoms with Gasteiger partial charge in [0.05, 0.1) is 5.69 Å². The summed E-state index contributed by atoms with van der Waals surface area (Å²) in [5.74, 6) is -0.232. The van der Waals surface area contributed by atoms with Crippen LogP contribution in [0.4, 0.5) is 10.2 Å². The molecule has 112 valence electrons. The molecule has 2 aromatic carbocycles. The zero-order valence-electron chi connectivity index (χ0n) is 11.9. The number of anilines is 1. The van der Waals surface area contributed by atoms with Crippen molar-refractivity contribution in [2.24, 2.45) is 0 Å². The highest BCUT2D eigenvalue weighted by atomic mass is 35.5. The van der Waals surface area contributed by atoms with E-state index in [4.69, 9.17) is 17.3 Å². The van der Waals surface area contributed by atoms with Gasteiger partial charge in [-0.05, 0) is 29.8 Å². The van der Waals surface area contributed by atoms with Gasteiger partial charge in [0, 0.05) is 16.1 Å². The monoisotopic (exact) mass is 323 g/mol. The maximum Gasteiger partial charge on any atom is 0.142 e. The van der Waals surface area contributed by atoms with Crippen LogP contribution in [-0.2, 0) is 0 Å². The molecule has 3 nitrogen and oxygen atoms in total. The Morgan fingerprint density at radius 2 is 1.74 bits per heavy atom. The van der Waals surface area contributed by atoms with Crippen LogP contribution < -0.4 is 5.73 Å². The summed E-state index contributed by atoms with van der Waals surface area (Å²) < 4.78 is 13.1. The average Bonchev–Trinajstić information content (AvgIpc) is 2.55. The molecular formula is C18H11ClFN3. The van der Waals surface area contributed by atoms with Crippen LogP contribution in [0.5, 0.6) is 0 Å². The molecule has 0 bridgehead atoms. The molecule has 2 N–H and O–H groups in total. The summed E-state index contributed by atoms with van der Waals surface area (Å²) in [6.45, 7) is 0. The van der Waals surface area contributed by atoms with E-state index >= 15 is 0 Å². The van der Waals surface area contributed by atoms with Gasteiger partial charge in [-0.15, -0.1) is 0 Å². The van der Waals surface area contributed by atoms with E-state index in [1.807, 2.05) is 18.2 Å². The first-order valence-corrected chi connectivity index (χ1v) is 7.19. The fraction of sp³-hybridized carbons (Fsp3) is 0. The number of nitrogen functional groups attached to an aromatic ring is 1. The number of pyridine rings is 1. The smallest absolute Gasteiger partial charge is 0.142 e. The normalized spacial score (nSPS) is 10.3. The first-order valence-electron chi connectivity index (χ1n) is 6.81. The Morgan fingerprint density at radius 1 is 1.04 bits per heavy atom. The molecule has 0 saturated heterocycles. The van der Waals surface area contributed by atoms with Crippen LogP contribution in [0, 0.1) is 17.1 Å². The minimum absolute atomic E-state index is 0.115. The molecule has 23 heavy (non-hydrogen) atoms. The quantitative estimate of drug-likeness (QED) is 0.746. The molecular weight excluding hydrogens is 313 g/mol. The van der Waals surface area contributed by atoms with Crippen LogP contribution in [0.25, 0.3) is 22.4 Å². The topological polar surface area (TPSA) is 62.7 Å². The summed E-state index contributed by atoms with van der Waals surface area (Å²) in [6.07, 6.45) is 0. The zero-order valence-corrected chi connectivity index (χ0v) is 12.7. The molecule has 3 rings (SSSR count). The fourth-order valence-corrected chi connectivity index (χ4v) is 2.58. The Balaban J connectivity index is 2.25. The Kier molecular flexibility index (Phi) is 3.96. The first-order chi connectivity index (χ1) is 11.1. The second kappa shape index (κ2) is 6.07. The molecule has 5 heteroatoms. The summed E-state index contributed by atoms with van der Waals surface area (Å²) in [6, 6.07) is 16.9. The summed E-state index contributed by atoms with van der Waals surface area (Å²) in [4.78, 5) is 4.28. The van der Waals surface area contributed by atoms with E-state index in [0.717, 1.165) is 0 Å². The lowest BCUT2D eigenvalue weighted by molar-refractivity contribution is 0.628. The molecule has 0 spiro atoms. The van der Waals surface area contributed by atoms with E-state index in [9.17, 15) is 9.65 Å². The van der Waals surface area contributed by atoms with Gasteiger partial charge in [0.2, 0.25) is 0 Å². The minimum Gasteiger partial charge on any atom is -0.383 e. The summed E-state index contributed by atoms with van der Waals surface area (Å²) in [5.41, 5.74) is 8.75. The molecule has 0 unspecified atom stereocenters. The highest BCUT2D eigenvalue weighted by Gasteiger charge is 2.14. The van der Waals surface area contributed by atoms with Gasteiger partial charge in [-0.25, -0.2) is 9.37 Å². The molecule has 0 aliphatic heterocycles. The molecule has 0 amide bonds. The van der Waals surface area contributed by atoms with Crippen molar-refractivity contribution in [1.29, 1.82) is 5.26 Å². The van der Waals surface area contributed by atoms with Crippen molar-refractivity contribution >= 4 is 17.4 Å². The number of hydrogen-bond donors (Lipinski definition) is 1. The lowest BCUT2D eigenvalue weighted by atomic mass is 9.98. The highest BCUT2D eigenvalue weighted by Crippen LogP contribution is 2.33. The molecule has 3 aromatic rings. The van der Waals surface area contributed by atoms with Crippen molar-refractivity contribution in [2.75, 3.05) is 5.73 Å². The van der Waals surface area contributed by atoms with Crippen LogP contribution in [0.3, 0.4) is 0 Å². The molecule has 1 aromatic heterocycles. The van der Waals surface area contributed by atoms with Crippen molar-refractivity contribution in [1.82, 2.24) is 4.98 Å². The Hall–Kier alpha value is -2.90. The number of rotatable bonds is 2. The number of nitriles is 1. The largest absolute Gasteiger partial charge is 0.383 e. The van der Waals surface area contributed by atoms with Gasteiger partial charge in [0.1, 0.15) is 23.3 Å². The third kappa shape index (κ3) is 2.87. The van der Waals surface area contributed by atoms with Crippen molar-refractivity contribution in [3.05, 3.63) is 71.0 Å². The van der Waals surface area contributed by atoms with Crippen molar-refractivity contribution in [3.8, 4) is 28.5 Å². The fourth-order valence-electron chi connectivity index (χ4n) is 2.35. The van der Waals surface area contributed by atoms with Gasteiger partial charge in [0.25, 0.3) is 0 Å². The van der Waals surface area contributed by atoms with E-state index in [-0.39, 0.29) is 17.2 Å². The van der Waals surface area contributed by atoms with Crippen LogP contribution in [0.15, 0.2) is 54.6 Å². The van der Waals surface area contributed by atoms with Crippen LogP contribution in [0.1, 0.15) is 5.56 Å². The predicted molar refractivity (Wildman–Crippen MR) is 89.2 cm³/mol. The Bertz CT molecular complexity index is 915. The van der Waals surface area contributed by atoms with Gasteiger partial charge in [-0.1, -0.05) is 41.9 Å². The van der Waals surface area contributed by atoms with E-state index in [2.05, 4.69) is 11.1 Å². The molecule has 0 radical (unpaired) electrons. The molecule has 0 saturated carbocycles. The minimum atomic E-state index is -0.347. The van der Waals surface area contributed by atoms with Crippen molar-refractivity contribution in [3.63, 3.8) is 0 Å². The number of nitrogens with two attached hydrogens (primary N) is 1. The maximum absolute atomic E-state index is 13.1. The number of nitrogens with zero attached hydrogens (tertiary/aromatic N) is 2. The standard InChI is InChI=1S/C18H11ClFN3/c19-16-4-2-1-3-13(16)17-9-14(15(10-21)18(22)23-17)11-5-7-12(20)8-6-11/h1-9H,(H2,22,23). The number of halogens is 2. The van der Waals surface area contributed by atoms with E-state index < -0.39 is 0 Å².